The molecule has 0 aromatic heterocycles. The summed E-state index contributed by atoms with van der Waals surface area (Å²) in [5.74, 6) is -6.61. The number of carbonyl (C=O) groups is 1. The highest BCUT2D eigenvalue weighted by molar-refractivity contribution is 6.05. The van der Waals surface area contributed by atoms with Gasteiger partial charge in [-0.05, 0) is 19.1 Å². The predicted molar refractivity (Wildman–Crippen MR) is 81.3 cm³/mol. The third-order valence-electron chi connectivity index (χ3n) is 3.93. The topological polar surface area (TPSA) is 96.6 Å². The standard InChI is InChI=1S/C14H10F8N4O3/c1-11(5-9(24-25-11)12(15,16)14(20,21)22)10(27)23-6-2-3-8(26(28)29)7(4-6)13(17,18)19/h2-4,25H,5H2,1H3,(H,23,27). The molecule has 0 saturated carbocycles. The molecule has 2 N–H and O–H groups in total. The summed E-state index contributed by atoms with van der Waals surface area (Å²) < 4.78 is 103. The number of nitro groups is 1. The fourth-order valence-corrected chi connectivity index (χ4v) is 2.35. The van der Waals surface area contributed by atoms with E-state index < -0.39 is 63.7 Å². The number of nitrogens with zero attached hydrogens (tertiary/aromatic N) is 2. The first kappa shape index (κ1) is 22.3. The van der Waals surface area contributed by atoms with E-state index in [4.69, 9.17) is 0 Å². The minimum absolute atomic E-state index is 0.237. The molecule has 0 fully saturated rings. The van der Waals surface area contributed by atoms with Gasteiger partial charge in [-0.1, -0.05) is 0 Å². The first-order valence-corrected chi connectivity index (χ1v) is 7.45. The Morgan fingerprint density at radius 3 is 2.28 bits per heavy atom. The van der Waals surface area contributed by atoms with Crippen molar-refractivity contribution in [3.8, 4) is 0 Å². The number of halogens is 8. The van der Waals surface area contributed by atoms with Gasteiger partial charge in [0.05, 0.1) is 4.92 Å². The molecule has 0 saturated heterocycles. The summed E-state index contributed by atoms with van der Waals surface area (Å²) in [6, 6.07) is 1.44. The van der Waals surface area contributed by atoms with Crippen LogP contribution in [0, 0.1) is 10.1 Å². The monoisotopic (exact) mass is 434 g/mol. The summed E-state index contributed by atoms with van der Waals surface area (Å²) in [6.45, 7) is 0.904. The number of hydrogen-bond donors (Lipinski definition) is 2. The van der Waals surface area contributed by atoms with Crippen LogP contribution >= 0.6 is 0 Å². The van der Waals surface area contributed by atoms with Gasteiger partial charge in [-0.15, -0.1) is 0 Å². The van der Waals surface area contributed by atoms with Crippen LogP contribution in [0.4, 0.5) is 46.5 Å². The van der Waals surface area contributed by atoms with Crippen molar-refractivity contribution >= 4 is 23.0 Å². The predicted octanol–water partition coefficient (Wildman–Crippen LogP) is 3.86. The second kappa shape index (κ2) is 6.81. The number of hydrogen-bond acceptors (Lipinski definition) is 5. The minimum Gasteiger partial charge on any atom is -0.324 e. The molecule has 0 radical (unpaired) electrons. The second-order valence-electron chi connectivity index (χ2n) is 6.19. The van der Waals surface area contributed by atoms with Gasteiger partial charge in [-0.2, -0.15) is 40.2 Å². The van der Waals surface area contributed by atoms with Crippen LogP contribution in [0.2, 0.25) is 0 Å². The quantitative estimate of drug-likeness (QED) is 0.427. The lowest BCUT2D eigenvalue weighted by Gasteiger charge is -2.24. The van der Waals surface area contributed by atoms with Crippen LogP contribution in [0.5, 0.6) is 0 Å². The van der Waals surface area contributed by atoms with Gasteiger partial charge in [0.2, 0.25) is 0 Å². The Bertz CT molecular complexity index is 881. The third kappa shape index (κ3) is 4.22. The van der Waals surface area contributed by atoms with E-state index in [2.05, 4.69) is 5.10 Å². The van der Waals surface area contributed by atoms with Gasteiger partial charge in [-0.3, -0.25) is 20.3 Å². The molecule has 29 heavy (non-hydrogen) atoms. The van der Waals surface area contributed by atoms with Gasteiger partial charge in [0.1, 0.15) is 16.8 Å². The number of hydrazone groups is 1. The van der Waals surface area contributed by atoms with E-state index in [1.54, 1.807) is 0 Å². The molecule has 1 atom stereocenters. The summed E-state index contributed by atoms with van der Waals surface area (Å²) in [7, 11) is 0. The molecule has 1 aliphatic rings. The maximum atomic E-state index is 13.4. The van der Waals surface area contributed by atoms with Crippen LogP contribution in [0.3, 0.4) is 0 Å². The van der Waals surface area contributed by atoms with Crippen molar-refractivity contribution in [1.82, 2.24) is 5.43 Å². The van der Waals surface area contributed by atoms with Crippen molar-refractivity contribution in [3.63, 3.8) is 0 Å². The first-order chi connectivity index (χ1) is 13.0. The van der Waals surface area contributed by atoms with E-state index in [1.807, 2.05) is 10.7 Å². The lowest BCUT2D eigenvalue weighted by Crippen LogP contribution is -2.50. The number of amides is 1. The Balaban J connectivity index is 2.25. The largest absolute Gasteiger partial charge is 0.459 e. The maximum Gasteiger partial charge on any atom is 0.459 e. The van der Waals surface area contributed by atoms with E-state index in [1.165, 1.54) is 0 Å². The SMILES string of the molecule is CC1(C(=O)Nc2ccc([N+](=O)[O-])c(C(F)(F)F)c2)CC(C(F)(F)C(F)(F)F)=NN1. The van der Waals surface area contributed by atoms with E-state index in [0.717, 1.165) is 13.0 Å². The summed E-state index contributed by atoms with van der Waals surface area (Å²) in [6.07, 6.45) is -12.3. The highest BCUT2D eigenvalue weighted by Crippen LogP contribution is 2.41. The van der Waals surface area contributed by atoms with Crippen LogP contribution in [0.25, 0.3) is 0 Å². The van der Waals surface area contributed by atoms with Crippen molar-refractivity contribution in [2.45, 2.75) is 37.2 Å². The molecule has 0 aliphatic carbocycles. The van der Waals surface area contributed by atoms with E-state index in [0.29, 0.717) is 6.07 Å². The highest BCUT2D eigenvalue weighted by Gasteiger charge is 2.63. The average Bonchev–Trinajstić information content (AvgIpc) is 2.97. The number of anilines is 1. The van der Waals surface area contributed by atoms with Crippen LogP contribution in [0.15, 0.2) is 23.3 Å². The fourth-order valence-electron chi connectivity index (χ4n) is 2.35. The molecule has 1 aliphatic heterocycles. The zero-order chi connectivity index (χ0) is 22.4. The van der Waals surface area contributed by atoms with E-state index in [9.17, 15) is 50.0 Å². The summed E-state index contributed by atoms with van der Waals surface area (Å²) >= 11 is 0. The van der Waals surface area contributed by atoms with Crippen molar-refractivity contribution in [1.29, 1.82) is 0 Å². The number of benzene rings is 1. The molecule has 1 aromatic rings. The van der Waals surface area contributed by atoms with Gasteiger partial charge in [-0.25, -0.2) is 0 Å². The molecule has 1 heterocycles. The van der Waals surface area contributed by atoms with Crippen LogP contribution < -0.4 is 10.7 Å². The van der Waals surface area contributed by atoms with E-state index >= 15 is 0 Å². The number of alkyl halides is 8. The molecule has 2 rings (SSSR count). The van der Waals surface area contributed by atoms with Gasteiger partial charge in [0.15, 0.2) is 0 Å². The van der Waals surface area contributed by atoms with Gasteiger partial charge >= 0.3 is 18.3 Å². The van der Waals surface area contributed by atoms with Crippen molar-refractivity contribution < 1.29 is 44.8 Å². The maximum absolute atomic E-state index is 13.4. The lowest BCUT2D eigenvalue weighted by molar-refractivity contribution is -0.388. The fraction of sp³-hybridized carbons (Fsp3) is 0.429. The molecule has 1 unspecified atom stereocenters. The Labute approximate surface area is 155 Å². The first-order valence-electron chi connectivity index (χ1n) is 7.45. The number of carbonyl (C=O) groups excluding carboxylic acids is 1. The molecule has 0 spiro atoms. The normalized spacial score (nSPS) is 20.1. The second-order valence-corrected chi connectivity index (χ2v) is 6.19. The van der Waals surface area contributed by atoms with Crippen LogP contribution in [-0.4, -0.2) is 34.2 Å². The Hall–Kier alpha value is -3.00. The Kier molecular flexibility index (Phi) is 5.23. The van der Waals surface area contributed by atoms with Crippen molar-refractivity contribution in [2.75, 3.05) is 5.32 Å². The van der Waals surface area contributed by atoms with Crippen molar-refractivity contribution in [2.24, 2.45) is 5.10 Å². The average molecular weight is 434 g/mol. The molecular weight excluding hydrogens is 424 g/mol. The van der Waals surface area contributed by atoms with Gasteiger partial charge in [0.25, 0.3) is 11.6 Å². The molecule has 1 aromatic carbocycles. The van der Waals surface area contributed by atoms with E-state index in [-0.39, 0.29) is 6.07 Å². The van der Waals surface area contributed by atoms with Crippen LogP contribution in [0.1, 0.15) is 18.9 Å². The van der Waals surface area contributed by atoms with Crippen molar-refractivity contribution in [3.05, 3.63) is 33.9 Å². The number of rotatable bonds is 4. The minimum atomic E-state index is -5.96. The van der Waals surface area contributed by atoms with Crippen LogP contribution in [-0.2, 0) is 11.0 Å². The molecule has 160 valence electrons. The molecular formula is C14H10F8N4O3. The summed E-state index contributed by atoms with van der Waals surface area (Å²) in [5, 5.41) is 15.4. The number of nitro benzene ring substituents is 1. The lowest BCUT2D eigenvalue weighted by atomic mass is 9.93. The zero-order valence-corrected chi connectivity index (χ0v) is 14.1. The Morgan fingerprint density at radius 1 is 1.21 bits per heavy atom. The summed E-state index contributed by atoms with van der Waals surface area (Å²) in [5.41, 5.74) is -5.57. The molecule has 7 nitrogen and oxygen atoms in total. The zero-order valence-electron chi connectivity index (χ0n) is 14.1. The van der Waals surface area contributed by atoms with Gasteiger partial charge in [0, 0.05) is 18.2 Å². The molecule has 1 amide bonds. The summed E-state index contributed by atoms with van der Waals surface area (Å²) in [4.78, 5) is 21.7. The molecule has 0 bridgehead atoms. The molecule has 15 heteroatoms. The number of nitrogens with one attached hydrogen (secondary N) is 2. The smallest absolute Gasteiger partial charge is 0.324 e. The van der Waals surface area contributed by atoms with Gasteiger partial charge < -0.3 is 5.32 Å². The highest BCUT2D eigenvalue weighted by atomic mass is 19.4. The third-order valence-corrected chi connectivity index (χ3v) is 3.93. The Morgan fingerprint density at radius 2 is 1.79 bits per heavy atom.